The molecular weight excluding hydrogens is 292 g/mol. The summed E-state index contributed by atoms with van der Waals surface area (Å²) in [5.74, 6) is -0.873. The summed E-state index contributed by atoms with van der Waals surface area (Å²) in [5, 5.41) is 19.7. The Balaban J connectivity index is 2.64. The fourth-order valence-corrected chi connectivity index (χ4v) is 2.45. The first-order valence-electron chi connectivity index (χ1n) is 7.34. The highest BCUT2D eigenvalue weighted by atomic mass is 35.5. The lowest BCUT2D eigenvalue weighted by Gasteiger charge is -2.11. The summed E-state index contributed by atoms with van der Waals surface area (Å²) in [5.41, 5.74) is -0.116. The van der Waals surface area contributed by atoms with Crippen molar-refractivity contribution in [2.45, 2.75) is 51.9 Å². The van der Waals surface area contributed by atoms with Gasteiger partial charge in [-0.15, -0.1) is 0 Å². The van der Waals surface area contributed by atoms with E-state index in [1.807, 2.05) is 0 Å². The SMILES string of the molecule is CCCCCCCCC(=O)c1c(O)cc(OC)c(Cl)c1O. The molecule has 0 saturated carbocycles. The smallest absolute Gasteiger partial charge is 0.170 e. The fraction of sp³-hybridized carbons (Fsp3) is 0.562. The molecule has 0 aliphatic rings. The summed E-state index contributed by atoms with van der Waals surface area (Å²) >= 11 is 5.89. The molecule has 1 aromatic rings. The van der Waals surface area contributed by atoms with Crippen LogP contribution in [0.1, 0.15) is 62.2 Å². The molecule has 0 unspecified atom stereocenters. The molecule has 2 N–H and O–H groups in total. The van der Waals surface area contributed by atoms with Crippen molar-refractivity contribution in [1.82, 2.24) is 0 Å². The standard InChI is InChI=1S/C16H23ClO4/c1-3-4-5-6-7-8-9-11(18)14-12(19)10-13(21-2)15(17)16(14)20/h10,19-20H,3-9H2,1-2H3. The average molecular weight is 315 g/mol. The fourth-order valence-electron chi connectivity index (χ4n) is 2.22. The largest absolute Gasteiger partial charge is 0.507 e. The first kappa shape index (κ1) is 17.6. The number of hydrogen-bond donors (Lipinski definition) is 2. The molecule has 0 radical (unpaired) electrons. The van der Waals surface area contributed by atoms with Crippen LogP contribution in [-0.4, -0.2) is 23.1 Å². The minimum Gasteiger partial charge on any atom is -0.507 e. The predicted octanol–water partition coefficient (Wildman–Crippen LogP) is 4.69. The Bertz CT molecular complexity index is 486. The van der Waals surface area contributed by atoms with Crippen LogP contribution in [0.3, 0.4) is 0 Å². The number of unbranched alkanes of at least 4 members (excludes halogenated alkanes) is 5. The predicted molar refractivity (Wildman–Crippen MR) is 83.7 cm³/mol. The van der Waals surface area contributed by atoms with Crippen LogP contribution >= 0.6 is 11.6 Å². The van der Waals surface area contributed by atoms with Crippen LogP contribution < -0.4 is 4.74 Å². The Morgan fingerprint density at radius 2 is 1.81 bits per heavy atom. The maximum absolute atomic E-state index is 12.1. The summed E-state index contributed by atoms with van der Waals surface area (Å²) < 4.78 is 4.91. The van der Waals surface area contributed by atoms with Gasteiger partial charge >= 0.3 is 0 Å². The van der Waals surface area contributed by atoms with Crippen molar-refractivity contribution in [3.63, 3.8) is 0 Å². The summed E-state index contributed by atoms with van der Waals surface area (Å²) in [6.45, 7) is 2.16. The lowest BCUT2D eigenvalue weighted by atomic mass is 10.0. The molecule has 0 aromatic heterocycles. The third-order valence-corrected chi connectivity index (χ3v) is 3.81. The molecule has 118 valence electrons. The van der Waals surface area contributed by atoms with Gasteiger partial charge in [0.15, 0.2) is 11.5 Å². The van der Waals surface area contributed by atoms with Gasteiger partial charge in [-0.05, 0) is 6.42 Å². The van der Waals surface area contributed by atoms with Gasteiger partial charge in [-0.1, -0.05) is 50.6 Å². The molecule has 0 spiro atoms. The van der Waals surface area contributed by atoms with E-state index in [1.54, 1.807) is 0 Å². The van der Waals surface area contributed by atoms with E-state index in [2.05, 4.69) is 6.92 Å². The zero-order chi connectivity index (χ0) is 15.8. The third-order valence-electron chi connectivity index (χ3n) is 3.44. The number of benzene rings is 1. The normalized spacial score (nSPS) is 10.6. The second-order valence-corrected chi connectivity index (χ2v) is 5.45. The quantitative estimate of drug-likeness (QED) is 0.512. The number of ketones is 1. The van der Waals surface area contributed by atoms with Crippen LogP contribution in [0.25, 0.3) is 0 Å². The summed E-state index contributed by atoms with van der Waals surface area (Å²) in [6, 6.07) is 1.25. The number of phenols is 2. The van der Waals surface area contributed by atoms with Crippen LogP contribution in [0.4, 0.5) is 0 Å². The van der Waals surface area contributed by atoms with Gasteiger partial charge in [-0.3, -0.25) is 4.79 Å². The van der Waals surface area contributed by atoms with Crippen molar-refractivity contribution in [1.29, 1.82) is 0 Å². The Morgan fingerprint density at radius 1 is 1.19 bits per heavy atom. The molecule has 0 bridgehead atoms. The highest BCUT2D eigenvalue weighted by molar-refractivity contribution is 6.34. The van der Waals surface area contributed by atoms with Gasteiger partial charge in [0.25, 0.3) is 0 Å². The Morgan fingerprint density at radius 3 is 2.43 bits per heavy atom. The van der Waals surface area contributed by atoms with E-state index in [1.165, 1.54) is 32.4 Å². The molecule has 0 saturated heterocycles. The second-order valence-electron chi connectivity index (χ2n) is 5.08. The monoisotopic (exact) mass is 314 g/mol. The lowest BCUT2D eigenvalue weighted by molar-refractivity contribution is 0.0973. The molecule has 0 aliphatic carbocycles. The summed E-state index contributed by atoms with van der Waals surface area (Å²) in [7, 11) is 1.37. The third kappa shape index (κ3) is 4.81. The van der Waals surface area contributed by atoms with Crippen molar-refractivity contribution in [3.05, 3.63) is 16.7 Å². The maximum Gasteiger partial charge on any atom is 0.170 e. The first-order chi connectivity index (χ1) is 10.0. The maximum atomic E-state index is 12.1. The molecule has 0 amide bonds. The van der Waals surface area contributed by atoms with E-state index < -0.39 is 5.75 Å². The number of rotatable bonds is 9. The van der Waals surface area contributed by atoms with E-state index in [9.17, 15) is 15.0 Å². The zero-order valence-electron chi connectivity index (χ0n) is 12.6. The number of phenolic OH excluding ortho intramolecular Hbond substituents is 2. The summed E-state index contributed by atoms with van der Waals surface area (Å²) in [6.07, 6.45) is 6.67. The van der Waals surface area contributed by atoms with Crippen molar-refractivity contribution in [2.75, 3.05) is 7.11 Å². The molecule has 0 atom stereocenters. The van der Waals surface area contributed by atoms with Crippen molar-refractivity contribution in [2.24, 2.45) is 0 Å². The van der Waals surface area contributed by atoms with Crippen LogP contribution in [0.5, 0.6) is 17.2 Å². The van der Waals surface area contributed by atoms with E-state index in [4.69, 9.17) is 16.3 Å². The van der Waals surface area contributed by atoms with Crippen molar-refractivity contribution >= 4 is 17.4 Å². The van der Waals surface area contributed by atoms with E-state index in [0.29, 0.717) is 0 Å². The minimum atomic E-state index is -0.413. The van der Waals surface area contributed by atoms with Crippen LogP contribution in [0, 0.1) is 0 Å². The molecule has 0 fully saturated rings. The molecule has 4 nitrogen and oxygen atoms in total. The van der Waals surface area contributed by atoms with Gasteiger partial charge in [-0.25, -0.2) is 0 Å². The van der Waals surface area contributed by atoms with Gasteiger partial charge in [-0.2, -0.15) is 0 Å². The molecule has 1 aromatic carbocycles. The van der Waals surface area contributed by atoms with Gasteiger partial charge in [0.05, 0.1) is 7.11 Å². The van der Waals surface area contributed by atoms with Crippen LogP contribution in [0.2, 0.25) is 5.02 Å². The van der Waals surface area contributed by atoms with Gasteiger partial charge in [0.1, 0.15) is 22.1 Å². The first-order valence-corrected chi connectivity index (χ1v) is 7.72. The second kappa shape index (κ2) is 8.78. The zero-order valence-corrected chi connectivity index (χ0v) is 13.4. The van der Waals surface area contributed by atoms with Crippen LogP contribution in [-0.2, 0) is 0 Å². The number of carbonyl (C=O) groups excluding carboxylic acids is 1. The lowest BCUT2D eigenvalue weighted by Crippen LogP contribution is -2.01. The molecular formula is C16H23ClO4. The average Bonchev–Trinajstić information content (AvgIpc) is 2.46. The van der Waals surface area contributed by atoms with Gasteiger partial charge in [0, 0.05) is 12.5 Å². The van der Waals surface area contributed by atoms with Gasteiger partial charge < -0.3 is 14.9 Å². The molecule has 21 heavy (non-hydrogen) atoms. The van der Waals surface area contributed by atoms with Crippen LogP contribution in [0.15, 0.2) is 6.07 Å². The van der Waals surface area contributed by atoms with Crippen molar-refractivity contribution < 1.29 is 19.7 Å². The number of Topliss-reactive ketones (excluding diaryl/α,β-unsaturated/α-hetero) is 1. The molecule has 5 heteroatoms. The van der Waals surface area contributed by atoms with E-state index in [-0.39, 0.29) is 34.3 Å². The highest BCUT2D eigenvalue weighted by Crippen LogP contribution is 2.42. The Kier molecular flexibility index (Phi) is 7.37. The Labute approximate surface area is 130 Å². The number of aromatic hydroxyl groups is 2. The van der Waals surface area contributed by atoms with Crippen molar-refractivity contribution in [3.8, 4) is 17.2 Å². The molecule has 0 heterocycles. The van der Waals surface area contributed by atoms with Gasteiger partial charge in [0.2, 0.25) is 0 Å². The Hall–Kier alpha value is -1.42. The number of ether oxygens (including phenoxy) is 1. The number of hydrogen-bond acceptors (Lipinski definition) is 4. The topological polar surface area (TPSA) is 66.8 Å². The number of carbonyl (C=O) groups is 1. The van der Waals surface area contributed by atoms with E-state index in [0.717, 1.165) is 19.3 Å². The minimum absolute atomic E-state index is 0.0541. The molecule has 0 aliphatic heterocycles. The summed E-state index contributed by atoms with van der Waals surface area (Å²) in [4.78, 5) is 12.1. The number of methoxy groups -OCH3 is 1. The van der Waals surface area contributed by atoms with E-state index >= 15 is 0 Å². The highest BCUT2D eigenvalue weighted by Gasteiger charge is 2.21. The number of halogens is 1. The molecule has 1 rings (SSSR count).